The Kier molecular flexibility index (Phi) is 4.41. The molecule has 3 heteroatoms. The first-order chi connectivity index (χ1) is 11.3. The van der Waals surface area contributed by atoms with E-state index in [4.69, 9.17) is 4.74 Å². The molecule has 0 amide bonds. The number of benzene rings is 1. The number of aryl methyl sites for hydroxylation is 2. The molecule has 2 N–H and O–H groups in total. The average Bonchev–Trinajstić information content (AvgIpc) is 2.95. The molecule has 23 heavy (non-hydrogen) atoms. The van der Waals surface area contributed by atoms with E-state index in [9.17, 15) is 5.11 Å². The molecule has 3 nitrogen and oxygen atoms in total. The molecule has 1 aliphatic heterocycles. The fourth-order valence-corrected chi connectivity index (χ4v) is 4.27. The molecule has 0 bridgehead atoms. The number of fused-ring (bicyclic) bond motifs is 2. The molecule has 124 valence electrons. The molecule has 1 aromatic carbocycles. The van der Waals surface area contributed by atoms with E-state index in [1.807, 2.05) is 0 Å². The summed E-state index contributed by atoms with van der Waals surface area (Å²) in [5, 5.41) is 13.1. The second-order valence-corrected chi connectivity index (χ2v) is 7.25. The predicted octanol–water partition coefficient (Wildman–Crippen LogP) is 3.31. The Morgan fingerprint density at radius 1 is 1.09 bits per heavy atom. The molecule has 0 aromatic heterocycles. The summed E-state index contributed by atoms with van der Waals surface area (Å²) in [4.78, 5) is 0. The molecule has 4 rings (SSSR count). The van der Waals surface area contributed by atoms with Crippen LogP contribution in [0.25, 0.3) is 0 Å². The number of rotatable bonds is 3. The third-order valence-corrected chi connectivity index (χ3v) is 5.57. The number of nitrogens with one attached hydrogen (secondary N) is 1. The maximum absolute atomic E-state index is 9.33. The lowest BCUT2D eigenvalue weighted by Crippen LogP contribution is -2.31. The molecule has 2 aliphatic carbocycles. The van der Waals surface area contributed by atoms with Crippen LogP contribution >= 0.6 is 0 Å². The molecule has 1 unspecified atom stereocenters. The molecule has 0 radical (unpaired) electrons. The third-order valence-electron chi connectivity index (χ3n) is 5.57. The molecule has 0 saturated carbocycles. The van der Waals surface area contributed by atoms with Gasteiger partial charge >= 0.3 is 0 Å². The highest BCUT2D eigenvalue weighted by molar-refractivity contribution is 5.46. The minimum absolute atomic E-state index is 0.257. The van der Waals surface area contributed by atoms with Gasteiger partial charge in [-0.25, -0.2) is 0 Å². The summed E-state index contributed by atoms with van der Waals surface area (Å²) in [6.07, 6.45) is 12.6. The fourth-order valence-electron chi connectivity index (χ4n) is 4.27. The van der Waals surface area contributed by atoms with Crippen molar-refractivity contribution in [1.82, 2.24) is 5.32 Å². The standard InChI is InChI=1S/C20H27NO2/c22-13-14-7-8-17(10-14)21-19-6-3-9-23-20-12-16-5-2-1-4-15(16)11-18(19)20/h7-8,11-12,14,17,19,21-22H,1-6,9-10,13H2/t14-,17+,19?/m0/s1. The highest BCUT2D eigenvalue weighted by Gasteiger charge is 2.26. The Bertz CT molecular complexity index is 596. The van der Waals surface area contributed by atoms with Crippen molar-refractivity contribution >= 4 is 0 Å². The van der Waals surface area contributed by atoms with Gasteiger partial charge in [0.15, 0.2) is 0 Å². The Hall–Kier alpha value is -1.32. The topological polar surface area (TPSA) is 41.5 Å². The molecule has 1 aromatic rings. The van der Waals surface area contributed by atoms with Gasteiger partial charge in [-0.3, -0.25) is 0 Å². The van der Waals surface area contributed by atoms with E-state index >= 15 is 0 Å². The van der Waals surface area contributed by atoms with Gasteiger partial charge in [-0.05, 0) is 62.1 Å². The van der Waals surface area contributed by atoms with E-state index in [1.165, 1.54) is 42.4 Å². The van der Waals surface area contributed by atoms with Crippen molar-refractivity contribution in [2.24, 2.45) is 5.92 Å². The molecular formula is C20H27NO2. The number of hydrogen-bond acceptors (Lipinski definition) is 3. The Morgan fingerprint density at radius 2 is 1.91 bits per heavy atom. The lowest BCUT2D eigenvalue weighted by atomic mass is 9.88. The Balaban J connectivity index is 1.58. The maximum Gasteiger partial charge on any atom is 0.124 e. The van der Waals surface area contributed by atoms with Gasteiger partial charge in [0.05, 0.1) is 6.61 Å². The van der Waals surface area contributed by atoms with E-state index in [0.717, 1.165) is 31.6 Å². The van der Waals surface area contributed by atoms with Crippen LogP contribution in [0.3, 0.4) is 0 Å². The number of aliphatic hydroxyl groups is 1. The van der Waals surface area contributed by atoms with Gasteiger partial charge in [-0.15, -0.1) is 0 Å². The lowest BCUT2D eigenvalue weighted by Gasteiger charge is -2.25. The highest BCUT2D eigenvalue weighted by Crippen LogP contribution is 2.37. The summed E-state index contributed by atoms with van der Waals surface area (Å²) in [5.74, 6) is 1.42. The first-order valence-corrected chi connectivity index (χ1v) is 9.17. The summed E-state index contributed by atoms with van der Waals surface area (Å²) in [7, 11) is 0. The first-order valence-electron chi connectivity index (χ1n) is 9.17. The lowest BCUT2D eigenvalue weighted by molar-refractivity contribution is 0.244. The molecule has 3 aliphatic rings. The van der Waals surface area contributed by atoms with Gasteiger partial charge < -0.3 is 15.2 Å². The highest BCUT2D eigenvalue weighted by atomic mass is 16.5. The minimum atomic E-state index is 0.257. The van der Waals surface area contributed by atoms with Crippen LogP contribution < -0.4 is 10.1 Å². The summed E-state index contributed by atoms with van der Waals surface area (Å²) < 4.78 is 6.05. The van der Waals surface area contributed by atoms with Crippen LogP contribution in [0.2, 0.25) is 0 Å². The summed E-state index contributed by atoms with van der Waals surface area (Å²) >= 11 is 0. The number of aliphatic hydroxyl groups excluding tert-OH is 1. The molecule has 3 atom stereocenters. The number of hydrogen-bond donors (Lipinski definition) is 2. The van der Waals surface area contributed by atoms with Crippen molar-refractivity contribution in [2.45, 2.75) is 57.0 Å². The second-order valence-electron chi connectivity index (χ2n) is 7.25. The summed E-state index contributed by atoms with van der Waals surface area (Å²) in [5.41, 5.74) is 4.38. The third kappa shape index (κ3) is 3.17. The van der Waals surface area contributed by atoms with Gasteiger partial charge in [0.25, 0.3) is 0 Å². The van der Waals surface area contributed by atoms with Crippen LogP contribution in [-0.2, 0) is 12.8 Å². The number of ether oxygens (including phenoxy) is 1. The van der Waals surface area contributed by atoms with Crippen molar-refractivity contribution in [3.05, 3.63) is 41.0 Å². The average molecular weight is 313 g/mol. The zero-order valence-corrected chi connectivity index (χ0v) is 13.8. The van der Waals surface area contributed by atoms with E-state index in [-0.39, 0.29) is 6.61 Å². The van der Waals surface area contributed by atoms with E-state index in [0.29, 0.717) is 18.0 Å². The normalized spacial score (nSPS) is 29.5. The molecule has 0 spiro atoms. The van der Waals surface area contributed by atoms with Crippen molar-refractivity contribution in [2.75, 3.05) is 13.2 Å². The van der Waals surface area contributed by atoms with E-state index in [2.05, 4.69) is 29.6 Å². The molecule has 1 heterocycles. The van der Waals surface area contributed by atoms with E-state index in [1.54, 1.807) is 0 Å². The van der Waals surface area contributed by atoms with Crippen molar-refractivity contribution in [1.29, 1.82) is 0 Å². The zero-order chi connectivity index (χ0) is 15.6. The first kappa shape index (κ1) is 15.2. The smallest absolute Gasteiger partial charge is 0.124 e. The van der Waals surface area contributed by atoms with Gasteiger partial charge in [0, 0.05) is 30.2 Å². The van der Waals surface area contributed by atoms with Crippen molar-refractivity contribution in [3.63, 3.8) is 0 Å². The molecular weight excluding hydrogens is 286 g/mol. The van der Waals surface area contributed by atoms with Gasteiger partial charge in [-0.2, -0.15) is 0 Å². The van der Waals surface area contributed by atoms with Crippen LogP contribution in [-0.4, -0.2) is 24.4 Å². The van der Waals surface area contributed by atoms with Crippen LogP contribution in [0.4, 0.5) is 0 Å². The Labute approximate surface area is 138 Å². The van der Waals surface area contributed by atoms with Crippen LogP contribution in [0.15, 0.2) is 24.3 Å². The van der Waals surface area contributed by atoms with Gasteiger partial charge in [-0.1, -0.05) is 18.2 Å². The van der Waals surface area contributed by atoms with Crippen LogP contribution in [0, 0.1) is 5.92 Å². The quantitative estimate of drug-likeness (QED) is 0.841. The zero-order valence-electron chi connectivity index (χ0n) is 13.8. The Morgan fingerprint density at radius 3 is 2.70 bits per heavy atom. The predicted molar refractivity (Wildman–Crippen MR) is 91.8 cm³/mol. The minimum Gasteiger partial charge on any atom is -0.493 e. The van der Waals surface area contributed by atoms with Crippen molar-refractivity contribution < 1.29 is 9.84 Å². The monoisotopic (exact) mass is 313 g/mol. The van der Waals surface area contributed by atoms with Gasteiger partial charge in [0.1, 0.15) is 5.75 Å². The van der Waals surface area contributed by atoms with Crippen LogP contribution in [0.5, 0.6) is 5.75 Å². The maximum atomic E-state index is 9.33. The molecule has 0 saturated heterocycles. The van der Waals surface area contributed by atoms with Crippen LogP contribution in [0.1, 0.15) is 54.8 Å². The summed E-state index contributed by atoms with van der Waals surface area (Å²) in [6, 6.07) is 5.46. The SMILES string of the molecule is OC[C@H]1C=C[C@@H](NC2CCCOc3cc4c(cc32)CCCC4)C1. The fraction of sp³-hybridized carbons (Fsp3) is 0.600. The second kappa shape index (κ2) is 6.66. The summed E-state index contributed by atoms with van der Waals surface area (Å²) in [6.45, 7) is 1.08. The van der Waals surface area contributed by atoms with E-state index < -0.39 is 0 Å². The van der Waals surface area contributed by atoms with Crippen molar-refractivity contribution in [3.8, 4) is 5.75 Å². The molecule has 0 fully saturated rings. The van der Waals surface area contributed by atoms with Gasteiger partial charge in [0.2, 0.25) is 0 Å². The largest absolute Gasteiger partial charge is 0.493 e.